The van der Waals surface area contributed by atoms with Crippen molar-refractivity contribution in [1.29, 1.82) is 0 Å². The molecule has 76 valence electrons. The summed E-state index contributed by atoms with van der Waals surface area (Å²) < 4.78 is 26.9. The van der Waals surface area contributed by atoms with Crippen LogP contribution in [-0.4, -0.2) is 41.6 Å². The molecule has 0 aromatic carbocycles. The van der Waals surface area contributed by atoms with E-state index in [4.69, 9.17) is 14.8 Å². The molecule has 0 heterocycles. The van der Waals surface area contributed by atoms with Crippen molar-refractivity contribution < 1.29 is 23.2 Å². The van der Waals surface area contributed by atoms with Gasteiger partial charge in [-0.05, 0) is 20.3 Å². The highest BCUT2D eigenvalue weighted by molar-refractivity contribution is 7.85. The molecule has 1 unspecified atom stereocenters. The fourth-order valence-corrected chi connectivity index (χ4v) is 0.187. The SMILES string of the molecule is CC(O)CCO.CCS(=O)(=O)O. The first-order chi connectivity index (χ1) is 5.33. The molecular weight excluding hydrogens is 184 g/mol. The molecule has 0 spiro atoms. The first kappa shape index (κ1) is 14.4. The first-order valence-corrected chi connectivity index (χ1v) is 5.18. The number of rotatable bonds is 3. The minimum absolute atomic E-state index is 0.0810. The van der Waals surface area contributed by atoms with E-state index in [1.165, 1.54) is 6.92 Å². The summed E-state index contributed by atoms with van der Waals surface area (Å²) in [5, 5.41) is 16.5. The van der Waals surface area contributed by atoms with Crippen LogP contribution in [0.25, 0.3) is 0 Å². The number of aliphatic hydroxyl groups is 2. The van der Waals surface area contributed by atoms with E-state index in [1.807, 2.05) is 0 Å². The van der Waals surface area contributed by atoms with Crippen LogP contribution in [0.1, 0.15) is 20.3 Å². The third-order valence-corrected chi connectivity index (χ3v) is 1.64. The molecule has 0 aliphatic heterocycles. The van der Waals surface area contributed by atoms with Gasteiger partial charge >= 0.3 is 0 Å². The van der Waals surface area contributed by atoms with Crippen molar-refractivity contribution in [2.45, 2.75) is 26.4 Å². The number of aliphatic hydroxyl groups excluding tert-OH is 2. The highest BCUT2D eigenvalue weighted by Gasteiger charge is 1.93. The van der Waals surface area contributed by atoms with E-state index in [0.717, 1.165) is 0 Å². The Labute approximate surface area is 72.8 Å². The molecule has 0 saturated heterocycles. The van der Waals surface area contributed by atoms with Crippen LogP contribution in [0.5, 0.6) is 0 Å². The maximum atomic E-state index is 9.56. The van der Waals surface area contributed by atoms with E-state index in [2.05, 4.69) is 0 Å². The molecule has 1 atom stereocenters. The molecule has 0 aliphatic rings. The molecule has 0 aliphatic carbocycles. The second-order valence-electron chi connectivity index (χ2n) is 2.23. The average Bonchev–Trinajstić information content (AvgIpc) is 1.87. The lowest BCUT2D eigenvalue weighted by atomic mass is 10.3. The van der Waals surface area contributed by atoms with Gasteiger partial charge in [0.15, 0.2) is 0 Å². The van der Waals surface area contributed by atoms with Gasteiger partial charge in [-0.3, -0.25) is 4.55 Å². The Morgan fingerprint density at radius 3 is 1.75 bits per heavy atom. The van der Waals surface area contributed by atoms with Gasteiger partial charge in [0.2, 0.25) is 0 Å². The van der Waals surface area contributed by atoms with Crippen LogP contribution in [0.3, 0.4) is 0 Å². The molecular formula is C6H16O5S. The Hall–Kier alpha value is -0.170. The van der Waals surface area contributed by atoms with Crippen molar-refractivity contribution in [2.75, 3.05) is 12.4 Å². The van der Waals surface area contributed by atoms with Crippen molar-refractivity contribution in [3.8, 4) is 0 Å². The smallest absolute Gasteiger partial charge is 0.264 e. The molecule has 12 heavy (non-hydrogen) atoms. The van der Waals surface area contributed by atoms with Crippen LogP contribution < -0.4 is 0 Å². The Bertz CT molecular complexity index is 172. The molecule has 3 N–H and O–H groups in total. The van der Waals surface area contributed by atoms with Crippen LogP contribution in [0.4, 0.5) is 0 Å². The zero-order valence-corrected chi connectivity index (χ0v) is 8.08. The lowest BCUT2D eigenvalue weighted by molar-refractivity contribution is 0.148. The van der Waals surface area contributed by atoms with Gasteiger partial charge in [0.1, 0.15) is 0 Å². The van der Waals surface area contributed by atoms with Gasteiger partial charge in [-0.25, -0.2) is 0 Å². The number of hydrogen-bond donors (Lipinski definition) is 3. The largest absolute Gasteiger partial charge is 0.396 e. The molecule has 5 nitrogen and oxygen atoms in total. The van der Waals surface area contributed by atoms with Gasteiger partial charge in [0, 0.05) is 6.61 Å². The molecule has 0 saturated carbocycles. The van der Waals surface area contributed by atoms with E-state index in [1.54, 1.807) is 6.92 Å². The van der Waals surface area contributed by atoms with Gasteiger partial charge in [-0.15, -0.1) is 0 Å². The summed E-state index contributed by atoms with van der Waals surface area (Å²) in [7, 11) is -3.66. The molecule has 0 bridgehead atoms. The van der Waals surface area contributed by atoms with E-state index >= 15 is 0 Å². The van der Waals surface area contributed by atoms with Crippen LogP contribution in [0.15, 0.2) is 0 Å². The molecule has 0 radical (unpaired) electrons. The maximum Gasteiger partial charge on any atom is 0.264 e. The fourth-order valence-electron chi connectivity index (χ4n) is 0.187. The average molecular weight is 200 g/mol. The summed E-state index contributed by atoms with van der Waals surface area (Å²) in [6, 6.07) is 0. The number of hydrogen-bond acceptors (Lipinski definition) is 4. The lowest BCUT2D eigenvalue weighted by Gasteiger charge is -1.95. The highest BCUT2D eigenvalue weighted by Crippen LogP contribution is 1.83. The summed E-state index contributed by atoms with van der Waals surface area (Å²) in [5.74, 6) is -0.201. The quantitative estimate of drug-likeness (QED) is 0.541. The maximum absolute atomic E-state index is 9.56. The van der Waals surface area contributed by atoms with Crippen molar-refractivity contribution in [3.05, 3.63) is 0 Å². The zero-order chi connectivity index (χ0) is 10.2. The minimum Gasteiger partial charge on any atom is -0.396 e. The van der Waals surface area contributed by atoms with Gasteiger partial charge in [0.05, 0.1) is 11.9 Å². The minimum atomic E-state index is -3.66. The predicted molar refractivity (Wildman–Crippen MR) is 45.5 cm³/mol. The summed E-state index contributed by atoms with van der Waals surface area (Å²) in [6.45, 7) is 3.10. The van der Waals surface area contributed by atoms with Gasteiger partial charge < -0.3 is 10.2 Å². The third-order valence-electron chi connectivity index (χ3n) is 0.912. The molecule has 0 rings (SSSR count). The van der Waals surface area contributed by atoms with Crippen molar-refractivity contribution >= 4 is 10.1 Å². The molecule has 0 aromatic rings. The third kappa shape index (κ3) is 22.5. The Balaban J connectivity index is 0. The van der Waals surface area contributed by atoms with Crippen LogP contribution in [0, 0.1) is 0 Å². The van der Waals surface area contributed by atoms with E-state index in [-0.39, 0.29) is 18.5 Å². The van der Waals surface area contributed by atoms with Gasteiger partial charge in [-0.2, -0.15) is 8.42 Å². The topological polar surface area (TPSA) is 94.8 Å². The standard InChI is InChI=1S/C4H10O2.C2H6O3S/c1-4(6)2-3-5;1-2-6(3,4)5/h4-6H,2-3H2,1H3;2H2,1H3,(H,3,4,5). The summed E-state index contributed by atoms with van der Waals surface area (Å²) >= 11 is 0. The van der Waals surface area contributed by atoms with Crippen molar-refractivity contribution in [2.24, 2.45) is 0 Å². The van der Waals surface area contributed by atoms with Crippen molar-refractivity contribution in [1.82, 2.24) is 0 Å². The van der Waals surface area contributed by atoms with E-state index < -0.39 is 10.1 Å². The second-order valence-corrected chi connectivity index (χ2v) is 3.97. The summed E-state index contributed by atoms with van der Waals surface area (Å²) in [4.78, 5) is 0. The monoisotopic (exact) mass is 200 g/mol. The Kier molecular flexibility index (Phi) is 8.95. The summed E-state index contributed by atoms with van der Waals surface area (Å²) in [5.41, 5.74) is 0. The first-order valence-electron chi connectivity index (χ1n) is 3.57. The zero-order valence-electron chi connectivity index (χ0n) is 7.27. The predicted octanol–water partition coefficient (Wildman–Crippen LogP) is -0.356. The highest BCUT2D eigenvalue weighted by atomic mass is 32.2. The van der Waals surface area contributed by atoms with Gasteiger partial charge in [0.25, 0.3) is 10.1 Å². The summed E-state index contributed by atoms with van der Waals surface area (Å²) in [6.07, 6.45) is 0.134. The Morgan fingerprint density at radius 2 is 1.75 bits per heavy atom. The molecule has 0 amide bonds. The van der Waals surface area contributed by atoms with Crippen molar-refractivity contribution in [3.63, 3.8) is 0 Å². The fraction of sp³-hybridized carbons (Fsp3) is 1.00. The molecule has 6 heteroatoms. The lowest BCUT2D eigenvalue weighted by Crippen LogP contribution is -2.00. The Morgan fingerprint density at radius 1 is 1.42 bits per heavy atom. The molecule has 0 aromatic heterocycles. The van der Waals surface area contributed by atoms with E-state index in [0.29, 0.717) is 6.42 Å². The van der Waals surface area contributed by atoms with Crippen LogP contribution in [-0.2, 0) is 10.1 Å². The normalized spacial score (nSPS) is 13.1. The van der Waals surface area contributed by atoms with Gasteiger partial charge in [-0.1, -0.05) is 0 Å². The van der Waals surface area contributed by atoms with E-state index in [9.17, 15) is 8.42 Å². The second kappa shape index (κ2) is 7.48. The molecule has 0 fully saturated rings. The van der Waals surface area contributed by atoms with Crippen LogP contribution >= 0.6 is 0 Å². The van der Waals surface area contributed by atoms with Crippen LogP contribution in [0.2, 0.25) is 0 Å².